The summed E-state index contributed by atoms with van der Waals surface area (Å²) in [6.45, 7) is 5.75. The lowest BCUT2D eigenvalue weighted by Crippen LogP contribution is -2.18. The zero-order valence-electron chi connectivity index (χ0n) is 15.9. The molecule has 7 heteroatoms. The molecule has 0 aliphatic carbocycles. The quantitative estimate of drug-likeness (QED) is 0.634. The number of fused-ring (bicyclic) bond motifs is 1. The highest BCUT2D eigenvalue weighted by Gasteiger charge is 2.29. The van der Waals surface area contributed by atoms with E-state index in [0.29, 0.717) is 17.9 Å². The number of pyridine rings is 1. The maximum absolute atomic E-state index is 12.8. The van der Waals surface area contributed by atoms with Crippen molar-refractivity contribution >= 4 is 23.1 Å². The zero-order valence-corrected chi connectivity index (χ0v) is 15.9. The first-order chi connectivity index (χ1) is 13.5. The van der Waals surface area contributed by atoms with E-state index in [4.69, 9.17) is 0 Å². The molecule has 2 aromatic heterocycles. The van der Waals surface area contributed by atoms with Gasteiger partial charge in [-0.05, 0) is 35.9 Å². The third kappa shape index (κ3) is 3.64. The topological polar surface area (TPSA) is 91.8 Å². The van der Waals surface area contributed by atoms with Crippen molar-refractivity contribution in [1.29, 1.82) is 0 Å². The number of hydrogen-bond donors (Lipinski definition) is 3. The fourth-order valence-electron chi connectivity index (χ4n) is 3.29. The minimum atomic E-state index is -0.213. The first-order valence-corrected chi connectivity index (χ1v) is 9.16. The molecule has 142 valence electrons. The van der Waals surface area contributed by atoms with Crippen LogP contribution in [0.3, 0.4) is 0 Å². The van der Waals surface area contributed by atoms with Crippen LogP contribution in [0.15, 0.2) is 55.1 Å². The second kappa shape index (κ2) is 7.26. The monoisotopic (exact) mass is 374 g/mol. The number of rotatable bonds is 5. The van der Waals surface area contributed by atoms with Crippen LogP contribution in [0.25, 0.3) is 0 Å². The molecule has 0 radical (unpaired) electrons. The molecule has 3 aromatic rings. The number of carbonyl (C=O) groups is 1. The molecule has 1 aliphatic heterocycles. The Morgan fingerprint density at radius 2 is 2.07 bits per heavy atom. The fourth-order valence-corrected chi connectivity index (χ4v) is 3.29. The number of anilines is 3. The molecule has 0 fully saturated rings. The average molecular weight is 374 g/mol. The third-order valence-electron chi connectivity index (χ3n) is 4.86. The van der Waals surface area contributed by atoms with Crippen molar-refractivity contribution in [3.63, 3.8) is 0 Å². The Kier molecular flexibility index (Phi) is 4.65. The van der Waals surface area contributed by atoms with Crippen LogP contribution < -0.4 is 16.0 Å². The van der Waals surface area contributed by atoms with Gasteiger partial charge in [0.15, 0.2) is 0 Å². The Labute approximate surface area is 163 Å². The molecule has 3 N–H and O–H groups in total. The van der Waals surface area contributed by atoms with Gasteiger partial charge in [0.1, 0.15) is 12.1 Å². The number of nitrogens with one attached hydrogen (secondary N) is 3. The number of nitrogens with zero attached hydrogens (tertiary/aromatic N) is 3. The lowest BCUT2D eigenvalue weighted by Gasteiger charge is -2.17. The van der Waals surface area contributed by atoms with Gasteiger partial charge in [0.25, 0.3) is 5.91 Å². The minimum absolute atomic E-state index is 0.0965. The Hall–Kier alpha value is -3.48. The number of benzene rings is 1. The molecule has 3 heterocycles. The molecule has 4 rings (SSSR count). The predicted molar refractivity (Wildman–Crippen MR) is 110 cm³/mol. The average Bonchev–Trinajstić information content (AvgIpc) is 3.01. The Balaban J connectivity index is 1.50. The van der Waals surface area contributed by atoms with Gasteiger partial charge in [0, 0.05) is 35.7 Å². The number of amides is 1. The number of hydrogen-bond acceptors (Lipinski definition) is 6. The second-order valence-corrected chi connectivity index (χ2v) is 7.41. The molecular weight excluding hydrogens is 352 g/mol. The van der Waals surface area contributed by atoms with Gasteiger partial charge in [0.05, 0.1) is 17.8 Å². The summed E-state index contributed by atoms with van der Waals surface area (Å²) >= 11 is 0. The highest BCUT2D eigenvalue weighted by molar-refractivity contribution is 6.07. The lowest BCUT2D eigenvalue weighted by molar-refractivity contribution is 0.102. The smallest absolute Gasteiger partial charge is 0.259 e. The normalized spacial score (nSPS) is 14.1. The molecule has 0 saturated heterocycles. The van der Waals surface area contributed by atoms with Crippen molar-refractivity contribution in [2.45, 2.75) is 25.8 Å². The van der Waals surface area contributed by atoms with Crippen LogP contribution in [-0.4, -0.2) is 27.4 Å². The molecule has 1 aromatic carbocycles. The molecule has 0 saturated carbocycles. The second-order valence-electron chi connectivity index (χ2n) is 7.41. The van der Waals surface area contributed by atoms with E-state index < -0.39 is 0 Å². The van der Waals surface area contributed by atoms with Gasteiger partial charge >= 0.3 is 0 Å². The van der Waals surface area contributed by atoms with E-state index in [9.17, 15) is 4.79 Å². The highest BCUT2D eigenvalue weighted by atomic mass is 16.1. The van der Waals surface area contributed by atoms with Gasteiger partial charge in [-0.3, -0.25) is 4.79 Å². The minimum Gasteiger partial charge on any atom is -0.384 e. The van der Waals surface area contributed by atoms with E-state index in [1.54, 1.807) is 24.5 Å². The standard InChI is InChI=1S/C21H22N6O/c1-21(2)12-25-18-10-14(5-6-17(18)21)27-20(28)16-4-3-8-23-19(16)24-11-15-7-9-22-13-26-15/h3-10,13,25H,11-12H2,1-2H3,(H,23,24)(H,27,28). The molecular formula is C21H22N6O. The molecule has 1 amide bonds. The van der Waals surface area contributed by atoms with Crippen molar-refractivity contribution in [2.24, 2.45) is 0 Å². The van der Waals surface area contributed by atoms with Gasteiger partial charge < -0.3 is 16.0 Å². The lowest BCUT2D eigenvalue weighted by atomic mass is 9.87. The van der Waals surface area contributed by atoms with Crippen molar-refractivity contribution in [2.75, 3.05) is 22.5 Å². The Morgan fingerprint density at radius 1 is 1.18 bits per heavy atom. The van der Waals surface area contributed by atoms with E-state index in [0.717, 1.165) is 23.6 Å². The molecule has 7 nitrogen and oxygen atoms in total. The van der Waals surface area contributed by atoms with Gasteiger partial charge in [0.2, 0.25) is 0 Å². The van der Waals surface area contributed by atoms with Crippen LogP contribution in [-0.2, 0) is 12.0 Å². The number of aromatic nitrogens is 3. The van der Waals surface area contributed by atoms with Crippen LogP contribution >= 0.6 is 0 Å². The maximum atomic E-state index is 12.8. The van der Waals surface area contributed by atoms with E-state index in [1.165, 1.54) is 11.9 Å². The fraction of sp³-hybridized carbons (Fsp3) is 0.238. The van der Waals surface area contributed by atoms with Crippen LogP contribution in [0.5, 0.6) is 0 Å². The van der Waals surface area contributed by atoms with Gasteiger partial charge in [-0.25, -0.2) is 15.0 Å². The zero-order chi connectivity index (χ0) is 19.6. The molecule has 1 aliphatic rings. The van der Waals surface area contributed by atoms with E-state index in [2.05, 4.69) is 50.8 Å². The summed E-state index contributed by atoms with van der Waals surface area (Å²) in [7, 11) is 0. The van der Waals surface area contributed by atoms with Crippen molar-refractivity contribution in [1.82, 2.24) is 15.0 Å². The maximum Gasteiger partial charge on any atom is 0.259 e. The van der Waals surface area contributed by atoms with E-state index in [-0.39, 0.29) is 11.3 Å². The molecule has 28 heavy (non-hydrogen) atoms. The summed E-state index contributed by atoms with van der Waals surface area (Å²) in [6.07, 6.45) is 4.83. The van der Waals surface area contributed by atoms with Crippen LogP contribution in [0.4, 0.5) is 17.2 Å². The summed E-state index contributed by atoms with van der Waals surface area (Å²) < 4.78 is 0. The first kappa shape index (κ1) is 17.9. The van der Waals surface area contributed by atoms with Crippen molar-refractivity contribution < 1.29 is 4.79 Å². The van der Waals surface area contributed by atoms with Crippen LogP contribution in [0.1, 0.15) is 35.5 Å². The predicted octanol–water partition coefficient (Wildman–Crippen LogP) is 3.44. The highest BCUT2D eigenvalue weighted by Crippen LogP contribution is 2.37. The van der Waals surface area contributed by atoms with Gasteiger partial charge in [-0.2, -0.15) is 0 Å². The van der Waals surface area contributed by atoms with Crippen molar-refractivity contribution in [3.8, 4) is 0 Å². The largest absolute Gasteiger partial charge is 0.384 e. The number of carbonyl (C=O) groups excluding carboxylic acids is 1. The first-order valence-electron chi connectivity index (χ1n) is 9.16. The van der Waals surface area contributed by atoms with Crippen LogP contribution in [0.2, 0.25) is 0 Å². The Morgan fingerprint density at radius 3 is 2.89 bits per heavy atom. The van der Waals surface area contributed by atoms with Gasteiger partial charge in [-0.1, -0.05) is 19.9 Å². The molecule has 0 bridgehead atoms. The summed E-state index contributed by atoms with van der Waals surface area (Å²) in [5.74, 6) is 0.300. The molecule has 0 atom stereocenters. The summed E-state index contributed by atoms with van der Waals surface area (Å²) in [6, 6.07) is 11.3. The third-order valence-corrected chi connectivity index (χ3v) is 4.86. The van der Waals surface area contributed by atoms with E-state index in [1.807, 2.05) is 18.2 Å². The summed E-state index contributed by atoms with van der Waals surface area (Å²) in [4.78, 5) is 25.2. The molecule has 0 spiro atoms. The van der Waals surface area contributed by atoms with Crippen molar-refractivity contribution in [3.05, 3.63) is 71.9 Å². The Bertz CT molecular complexity index is 1000. The van der Waals surface area contributed by atoms with Gasteiger partial charge in [-0.15, -0.1) is 0 Å². The summed E-state index contributed by atoms with van der Waals surface area (Å²) in [5.41, 5.74) is 4.47. The SMILES string of the molecule is CC1(C)CNc2cc(NC(=O)c3cccnc3NCc3ccncn3)ccc21. The summed E-state index contributed by atoms with van der Waals surface area (Å²) in [5, 5.41) is 9.55. The van der Waals surface area contributed by atoms with E-state index >= 15 is 0 Å². The van der Waals surface area contributed by atoms with Crippen LogP contribution in [0, 0.1) is 0 Å². The molecule has 0 unspecified atom stereocenters.